The molecule has 2 aromatic rings. The number of rotatable bonds is 5. The standard InChI is InChI=1S/C16H19ClFN5O2S/c1-16(2,18)7-22-26(24,25)13-3-9-11(19)5-12(23-20)15(9)10-6-21-14(17)4-8(10)13/h3-4,6,11-12,20,22H,5,7,19H2,1-2H3/p+1/t11-,12-/m0/s1. The quantitative estimate of drug-likeness (QED) is 0.520. The van der Waals surface area contributed by atoms with Gasteiger partial charge in [0.25, 0.3) is 0 Å². The van der Waals surface area contributed by atoms with Crippen LogP contribution >= 0.6 is 11.6 Å². The van der Waals surface area contributed by atoms with Gasteiger partial charge in [0.05, 0.1) is 4.90 Å². The van der Waals surface area contributed by atoms with Crippen molar-refractivity contribution in [2.24, 2.45) is 10.8 Å². The van der Waals surface area contributed by atoms with Crippen LogP contribution in [0, 0.1) is 0 Å². The van der Waals surface area contributed by atoms with Crippen molar-refractivity contribution in [3.05, 3.63) is 34.6 Å². The van der Waals surface area contributed by atoms with Crippen LogP contribution in [0.25, 0.3) is 10.8 Å². The molecule has 0 bridgehead atoms. The molecule has 0 saturated heterocycles. The van der Waals surface area contributed by atoms with E-state index in [1.54, 1.807) is 0 Å². The molecule has 1 heterocycles. The summed E-state index contributed by atoms with van der Waals surface area (Å²) in [6, 6.07) is 2.20. The molecule has 0 spiro atoms. The molecular formula is C16H20ClFN5O2S+. The summed E-state index contributed by atoms with van der Waals surface area (Å²) < 4.78 is 41.8. The second-order valence-corrected chi connectivity index (χ2v) is 9.10. The maximum Gasteiger partial charge on any atom is 0.241 e. The van der Waals surface area contributed by atoms with E-state index in [1.807, 2.05) is 0 Å². The van der Waals surface area contributed by atoms with E-state index < -0.39 is 21.7 Å². The maximum absolute atomic E-state index is 13.8. The zero-order valence-corrected chi connectivity index (χ0v) is 15.9. The number of sulfonamides is 1. The Morgan fingerprint density at radius 3 is 2.77 bits per heavy atom. The number of benzene rings is 1. The number of aromatic nitrogens is 1. The minimum atomic E-state index is -4.00. The lowest BCUT2D eigenvalue weighted by molar-refractivity contribution is -0.229. The maximum atomic E-state index is 13.8. The van der Waals surface area contributed by atoms with Crippen molar-refractivity contribution in [3.63, 3.8) is 0 Å². The van der Waals surface area contributed by atoms with Gasteiger partial charge in [0.2, 0.25) is 10.0 Å². The molecule has 0 unspecified atom stereocenters. The fourth-order valence-electron chi connectivity index (χ4n) is 3.17. The monoisotopic (exact) mass is 400 g/mol. The molecule has 7 nitrogen and oxygen atoms in total. The lowest BCUT2D eigenvalue weighted by atomic mass is 10.0. The van der Waals surface area contributed by atoms with Crippen LogP contribution < -0.4 is 16.0 Å². The van der Waals surface area contributed by atoms with E-state index >= 15 is 0 Å². The summed E-state index contributed by atoms with van der Waals surface area (Å²) in [5.74, 6) is 0. The van der Waals surface area contributed by atoms with Gasteiger partial charge in [-0.2, -0.15) is 5.53 Å². The SMILES string of the molecule is CC(C)(F)CNS(=O)(=O)c1cc2c(c3cnc(Cl)cc13)[C@@H](N=[NH2+])C[C@@H]2N. The predicted octanol–water partition coefficient (Wildman–Crippen LogP) is 1.57. The Bertz CT molecular complexity index is 990. The largest absolute Gasteiger partial charge is 0.324 e. The fraction of sp³-hybridized carbons (Fsp3) is 0.438. The molecule has 5 N–H and O–H groups in total. The third-order valence-electron chi connectivity index (χ3n) is 4.39. The Hall–Kier alpha value is -1.68. The molecule has 0 amide bonds. The predicted molar refractivity (Wildman–Crippen MR) is 95.8 cm³/mol. The molecular weight excluding hydrogens is 381 g/mol. The molecule has 26 heavy (non-hydrogen) atoms. The molecule has 1 aliphatic carbocycles. The summed E-state index contributed by atoms with van der Waals surface area (Å²) in [7, 11) is -4.00. The van der Waals surface area contributed by atoms with E-state index in [9.17, 15) is 12.8 Å². The molecule has 1 aromatic heterocycles. The molecule has 10 heteroatoms. The Morgan fingerprint density at radius 2 is 2.15 bits per heavy atom. The van der Waals surface area contributed by atoms with Crippen LogP contribution in [0.4, 0.5) is 4.39 Å². The average Bonchev–Trinajstić information content (AvgIpc) is 2.88. The third kappa shape index (κ3) is 3.44. The van der Waals surface area contributed by atoms with Crippen LogP contribution in [0.1, 0.15) is 43.5 Å². The van der Waals surface area contributed by atoms with E-state index in [0.717, 1.165) is 5.56 Å². The van der Waals surface area contributed by atoms with Crippen molar-refractivity contribution in [3.8, 4) is 0 Å². The van der Waals surface area contributed by atoms with Gasteiger partial charge in [-0.25, -0.2) is 22.5 Å². The smallest absolute Gasteiger partial charge is 0.241 e. The first-order valence-corrected chi connectivity index (χ1v) is 9.86. The number of hydrogen-bond donors (Lipinski definition) is 3. The van der Waals surface area contributed by atoms with E-state index in [4.69, 9.17) is 22.9 Å². The van der Waals surface area contributed by atoms with Gasteiger partial charge < -0.3 is 5.73 Å². The van der Waals surface area contributed by atoms with Crippen molar-refractivity contribution in [2.45, 2.75) is 42.9 Å². The van der Waals surface area contributed by atoms with Gasteiger partial charge in [0.15, 0.2) is 0 Å². The summed E-state index contributed by atoms with van der Waals surface area (Å²) in [6.07, 6.45) is 1.96. The van der Waals surface area contributed by atoms with E-state index in [1.165, 1.54) is 32.2 Å². The van der Waals surface area contributed by atoms with E-state index in [2.05, 4.69) is 14.8 Å². The number of nitrogens with zero attached hydrogens (tertiary/aromatic N) is 2. The highest BCUT2D eigenvalue weighted by Crippen LogP contribution is 2.45. The van der Waals surface area contributed by atoms with E-state index in [-0.39, 0.29) is 22.6 Å². The second-order valence-electron chi connectivity index (χ2n) is 6.98. The molecule has 140 valence electrons. The highest BCUT2D eigenvalue weighted by atomic mass is 35.5. The molecule has 3 rings (SSSR count). The molecule has 0 aliphatic heterocycles. The van der Waals surface area contributed by atoms with Crippen molar-refractivity contribution in [2.75, 3.05) is 6.54 Å². The highest BCUT2D eigenvalue weighted by Gasteiger charge is 2.35. The first-order chi connectivity index (χ1) is 12.0. The molecule has 1 aromatic carbocycles. The van der Waals surface area contributed by atoms with Crippen LogP contribution in [-0.2, 0) is 10.0 Å². The number of alkyl halides is 1. The third-order valence-corrected chi connectivity index (χ3v) is 6.03. The lowest BCUT2D eigenvalue weighted by Gasteiger charge is -2.18. The van der Waals surface area contributed by atoms with Gasteiger partial charge in [-0.05, 0) is 48.6 Å². The molecule has 0 saturated carbocycles. The number of nitrogens with one attached hydrogen (secondary N) is 1. The van der Waals surface area contributed by atoms with Crippen LogP contribution in [-0.4, -0.2) is 25.6 Å². The van der Waals surface area contributed by atoms with Crippen molar-refractivity contribution < 1.29 is 18.3 Å². The van der Waals surface area contributed by atoms with Crippen molar-refractivity contribution >= 4 is 32.4 Å². The Kier molecular flexibility index (Phi) is 4.76. The number of nitrogens with two attached hydrogens (primary N) is 2. The summed E-state index contributed by atoms with van der Waals surface area (Å²) in [5.41, 5.74) is 11.4. The number of fused-ring (bicyclic) bond motifs is 3. The van der Waals surface area contributed by atoms with Gasteiger partial charge in [-0.1, -0.05) is 11.6 Å². The van der Waals surface area contributed by atoms with Crippen LogP contribution in [0.3, 0.4) is 0 Å². The minimum Gasteiger partial charge on any atom is -0.324 e. The normalized spacial score (nSPS) is 20.3. The number of pyridine rings is 1. The summed E-state index contributed by atoms with van der Waals surface area (Å²) in [4.78, 5) is 4.03. The Morgan fingerprint density at radius 1 is 1.46 bits per heavy atom. The number of halogens is 2. The zero-order valence-electron chi connectivity index (χ0n) is 14.3. The van der Waals surface area contributed by atoms with Crippen LogP contribution in [0.5, 0.6) is 0 Å². The fourth-order valence-corrected chi connectivity index (χ4v) is 4.75. The van der Waals surface area contributed by atoms with Crippen molar-refractivity contribution in [1.82, 2.24) is 9.71 Å². The van der Waals surface area contributed by atoms with Gasteiger partial charge in [0, 0.05) is 29.6 Å². The second kappa shape index (κ2) is 6.49. The molecule has 0 fully saturated rings. The van der Waals surface area contributed by atoms with E-state index in [0.29, 0.717) is 22.8 Å². The van der Waals surface area contributed by atoms with Crippen LogP contribution in [0.15, 0.2) is 28.3 Å². The molecule has 0 radical (unpaired) electrons. The highest BCUT2D eigenvalue weighted by molar-refractivity contribution is 7.89. The molecule has 1 aliphatic rings. The summed E-state index contributed by atoms with van der Waals surface area (Å²) in [6.45, 7) is 2.22. The number of hydrogen-bond acceptors (Lipinski definition) is 5. The molecule has 2 atom stereocenters. The van der Waals surface area contributed by atoms with Gasteiger partial charge in [-0.3, -0.25) is 0 Å². The Labute approximate surface area is 155 Å². The first-order valence-electron chi connectivity index (χ1n) is 8.00. The first kappa shape index (κ1) is 19.1. The average molecular weight is 401 g/mol. The van der Waals surface area contributed by atoms with Gasteiger partial charge >= 0.3 is 0 Å². The van der Waals surface area contributed by atoms with Gasteiger partial charge in [-0.15, -0.1) is 0 Å². The lowest BCUT2D eigenvalue weighted by Crippen LogP contribution is -2.35. The zero-order chi connectivity index (χ0) is 19.3. The topological polar surface area (TPSA) is 123 Å². The van der Waals surface area contributed by atoms with Crippen LogP contribution in [0.2, 0.25) is 5.15 Å². The summed E-state index contributed by atoms with van der Waals surface area (Å²) >= 11 is 5.98. The van der Waals surface area contributed by atoms with Crippen molar-refractivity contribution in [1.29, 1.82) is 0 Å². The van der Waals surface area contributed by atoms with Gasteiger partial charge in [0.1, 0.15) is 16.9 Å². The minimum absolute atomic E-state index is 0.0204. The summed E-state index contributed by atoms with van der Waals surface area (Å²) in [5, 5.41) is 4.94. The Balaban J connectivity index is 2.26.